The molecule has 0 saturated heterocycles. The van der Waals surface area contributed by atoms with Crippen LogP contribution in [0.5, 0.6) is 0 Å². The first-order chi connectivity index (χ1) is 8.49. The van der Waals surface area contributed by atoms with E-state index in [1.807, 2.05) is 30.3 Å². The summed E-state index contributed by atoms with van der Waals surface area (Å²) >= 11 is 5.73. The van der Waals surface area contributed by atoms with Crippen LogP contribution in [0.25, 0.3) is 0 Å². The molecule has 0 aliphatic rings. The molecular weight excluding hydrogens is 251 g/mol. The standard InChI is InChI=1S/C15H14ClFO/c1-15(18,12-5-3-2-4-6-12)10-11-7-8-14(17)13(16)9-11/h2-9,18H,10H2,1H3. The van der Waals surface area contributed by atoms with Gasteiger partial charge in [-0.05, 0) is 30.2 Å². The van der Waals surface area contributed by atoms with Gasteiger partial charge in [-0.25, -0.2) is 4.39 Å². The average molecular weight is 265 g/mol. The molecule has 0 aliphatic heterocycles. The van der Waals surface area contributed by atoms with Gasteiger partial charge in [0.2, 0.25) is 0 Å². The van der Waals surface area contributed by atoms with E-state index in [-0.39, 0.29) is 5.02 Å². The van der Waals surface area contributed by atoms with Gasteiger partial charge in [0.05, 0.1) is 10.6 Å². The van der Waals surface area contributed by atoms with Crippen molar-refractivity contribution in [1.82, 2.24) is 0 Å². The Labute approximate surface area is 111 Å². The number of halogens is 2. The molecule has 1 nitrogen and oxygen atoms in total. The van der Waals surface area contributed by atoms with Gasteiger partial charge in [-0.1, -0.05) is 48.0 Å². The summed E-state index contributed by atoms with van der Waals surface area (Å²) in [4.78, 5) is 0. The molecular formula is C15H14ClFO. The van der Waals surface area contributed by atoms with Crippen LogP contribution in [-0.4, -0.2) is 5.11 Å². The largest absolute Gasteiger partial charge is 0.385 e. The molecule has 1 N–H and O–H groups in total. The summed E-state index contributed by atoms with van der Waals surface area (Å²) in [6, 6.07) is 13.9. The number of aliphatic hydroxyl groups is 1. The Hall–Kier alpha value is -1.38. The lowest BCUT2D eigenvalue weighted by molar-refractivity contribution is 0.0576. The Morgan fingerprint density at radius 2 is 1.83 bits per heavy atom. The molecule has 2 aromatic carbocycles. The second-order valence-corrected chi connectivity index (χ2v) is 4.97. The molecule has 0 saturated carbocycles. The van der Waals surface area contributed by atoms with Crippen molar-refractivity contribution in [3.8, 4) is 0 Å². The van der Waals surface area contributed by atoms with Crippen LogP contribution in [0.1, 0.15) is 18.1 Å². The number of hydrogen-bond acceptors (Lipinski definition) is 1. The van der Waals surface area contributed by atoms with Crippen LogP contribution in [-0.2, 0) is 12.0 Å². The summed E-state index contributed by atoms with van der Waals surface area (Å²) < 4.78 is 13.1. The molecule has 94 valence electrons. The van der Waals surface area contributed by atoms with Crippen LogP contribution in [0, 0.1) is 5.82 Å². The zero-order valence-corrected chi connectivity index (χ0v) is 10.8. The maximum absolute atomic E-state index is 13.1. The minimum absolute atomic E-state index is 0.0800. The Morgan fingerprint density at radius 3 is 2.44 bits per heavy atom. The van der Waals surface area contributed by atoms with E-state index >= 15 is 0 Å². The minimum atomic E-state index is -0.998. The Morgan fingerprint density at radius 1 is 1.17 bits per heavy atom. The molecule has 0 bridgehead atoms. The zero-order valence-electron chi connectivity index (χ0n) is 10.0. The van der Waals surface area contributed by atoms with E-state index in [9.17, 15) is 9.50 Å². The lowest BCUT2D eigenvalue weighted by Gasteiger charge is -2.24. The molecule has 0 heterocycles. The molecule has 0 aromatic heterocycles. The smallest absolute Gasteiger partial charge is 0.141 e. The van der Waals surface area contributed by atoms with Gasteiger partial charge in [0.15, 0.2) is 0 Å². The normalized spacial score (nSPS) is 14.2. The van der Waals surface area contributed by atoms with Gasteiger partial charge < -0.3 is 5.11 Å². The molecule has 2 rings (SSSR count). The molecule has 18 heavy (non-hydrogen) atoms. The Balaban J connectivity index is 2.25. The summed E-state index contributed by atoms with van der Waals surface area (Å²) in [5.41, 5.74) is 0.628. The summed E-state index contributed by atoms with van der Waals surface area (Å²) in [5.74, 6) is -0.445. The molecule has 3 heteroatoms. The fraction of sp³-hybridized carbons (Fsp3) is 0.200. The van der Waals surface area contributed by atoms with Crippen LogP contribution in [0.2, 0.25) is 5.02 Å². The highest BCUT2D eigenvalue weighted by Crippen LogP contribution is 2.26. The number of benzene rings is 2. The Kier molecular flexibility index (Phi) is 3.69. The predicted octanol–water partition coefficient (Wildman–Crippen LogP) is 3.93. The molecule has 1 unspecified atom stereocenters. The highest BCUT2D eigenvalue weighted by Gasteiger charge is 2.23. The first kappa shape index (κ1) is 13.1. The molecule has 0 radical (unpaired) electrons. The molecule has 2 aromatic rings. The third-order valence-electron chi connectivity index (χ3n) is 2.93. The third-order valence-corrected chi connectivity index (χ3v) is 3.22. The van der Waals surface area contributed by atoms with Crippen LogP contribution in [0.15, 0.2) is 48.5 Å². The first-order valence-corrected chi connectivity index (χ1v) is 6.09. The Bertz CT molecular complexity index is 537. The van der Waals surface area contributed by atoms with Gasteiger partial charge in [0, 0.05) is 6.42 Å². The number of hydrogen-bond donors (Lipinski definition) is 1. The van der Waals surface area contributed by atoms with E-state index in [2.05, 4.69) is 0 Å². The van der Waals surface area contributed by atoms with Crippen molar-refractivity contribution in [3.63, 3.8) is 0 Å². The van der Waals surface area contributed by atoms with Crippen LogP contribution in [0.4, 0.5) is 4.39 Å². The quantitative estimate of drug-likeness (QED) is 0.891. The molecule has 1 atom stereocenters. The van der Waals surface area contributed by atoms with Crippen molar-refractivity contribution in [2.75, 3.05) is 0 Å². The SMILES string of the molecule is CC(O)(Cc1ccc(F)c(Cl)c1)c1ccccc1. The van der Waals surface area contributed by atoms with Crippen molar-refractivity contribution in [2.24, 2.45) is 0 Å². The van der Waals surface area contributed by atoms with Crippen molar-refractivity contribution in [1.29, 1.82) is 0 Å². The molecule has 0 amide bonds. The van der Waals surface area contributed by atoms with E-state index < -0.39 is 11.4 Å². The topological polar surface area (TPSA) is 20.2 Å². The van der Waals surface area contributed by atoms with Crippen molar-refractivity contribution >= 4 is 11.6 Å². The summed E-state index contributed by atoms with van der Waals surface area (Å²) in [5, 5.41) is 10.5. The molecule has 0 fully saturated rings. The van der Waals surface area contributed by atoms with Gasteiger partial charge in [-0.15, -0.1) is 0 Å². The van der Waals surface area contributed by atoms with Gasteiger partial charge in [0.1, 0.15) is 5.82 Å². The fourth-order valence-corrected chi connectivity index (χ4v) is 2.15. The lowest BCUT2D eigenvalue weighted by Crippen LogP contribution is -2.24. The van der Waals surface area contributed by atoms with Gasteiger partial charge >= 0.3 is 0 Å². The lowest BCUT2D eigenvalue weighted by atomic mass is 9.89. The van der Waals surface area contributed by atoms with E-state index in [4.69, 9.17) is 11.6 Å². The van der Waals surface area contributed by atoms with Crippen LogP contribution < -0.4 is 0 Å². The van der Waals surface area contributed by atoms with E-state index in [0.717, 1.165) is 11.1 Å². The fourth-order valence-electron chi connectivity index (χ4n) is 1.95. The third kappa shape index (κ3) is 2.89. The van der Waals surface area contributed by atoms with E-state index in [0.29, 0.717) is 6.42 Å². The molecule has 0 aliphatic carbocycles. The summed E-state index contributed by atoms with van der Waals surface area (Å²) in [7, 11) is 0. The zero-order chi connectivity index (χ0) is 13.2. The van der Waals surface area contributed by atoms with E-state index in [1.165, 1.54) is 6.07 Å². The maximum Gasteiger partial charge on any atom is 0.141 e. The van der Waals surface area contributed by atoms with Crippen molar-refractivity contribution < 1.29 is 9.50 Å². The van der Waals surface area contributed by atoms with Crippen molar-refractivity contribution in [2.45, 2.75) is 18.9 Å². The summed E-state index contributed by atoms with van der Waals surface area (Å²) in [6.45, 7) is 1.74. The van der Waals surface area contributed by atoms with Gasteiger partial charge in [-0.3, -0.25) is 0 Å². The molecule has 0 spiro atoms. The van der Waals surface area contributed by atoms with Crippen molar-refractivity contribution in [3.05, 3.63) is 70.5 Å². The second kappa shape index (κ2) is 5.09. The van der Waals surface area contributed by atoms with Gasteiger partial charge in [-0.2, -0.15) is 0 Å². The monoisotopic (exact) mass is 264 g/mol. The van der Waals surface area contributed by atoms with Crippen LogP contribution in [0.3, 0.4) is 0 Å². The maximum atomic E-state index is 13.1. The average Bonchev–Trinajstić information content (AvgIpc) is 2.35. The first-order valence-electron chi connectivity index (χ1n) is 5.71. The summed E-state index contributed by atoms with van der Waals surface area (Å²) in [6.07, 6.45) is 0.386. The van der Waals surface area contributed by atoms with Gasteiger partial charge in [0.25, 0.3) is 0 Å². The van der Waals surface area contributed by atoms with Crippen LogP contribution >= 0.6 is 11.6 Å². The van der Waals surface area contributed by atoms with E-state index in [1.54, 1.807) is 19.1 Å². The highest BCUT2D eigenvalue weighted by atomic mass is 35.5. The number of rotatable bonds is 3. The highest BCUT2D eigenvalue weighted by molar-refractivity contribution is 6.30. The second-order valence-electron chi connectivity index (χ2n) is 4.57. The minimum Gasteiger partial charge on any atom is -0.385 e. The predicted molar refractivity (Wildman–Crippen MR) is 71.1 cm³/mol.